The molecular formula is C53H98O6. The van der Waals surface area contributed by atoms with Gasteiger partial charge in [-0.1, -0.05) is 218 Å². The van der Waals surface area contributed by atoms with E-state index in [9.17, 15) is 14.4 Å². The van der Waals surface area contributed by atoms with Crippen LogP contribution < -0.4 is 0 Å². The topological polar surface area (TPSA) is 78.9 Å². The number of rotatable bonds is 47. The molecule has 1 unspecified atom stereocenters. The van der Waals surface area contributed by atoms with Crippen LogP contribution in [0.1, 0.15) is 278 Å². The van der Waals surface area contributed by atoms with E-state index in [4.69, 9.17) is 14.2 Å². The van der Waals surface area contributed by atoms with Gasteiger partial charge in [0, 0.05) is 19.3 Å². The number of carbonyl (C=O) groups is 3. The zero-order valence-electron chi connectivity index (χ0n) is 39.5. The third-order valence-electron chi connectivity index (χ3n) is 11.4. The average molecular weight is 831 g/mol. The van der Waals surface area contributed by atoms with Crippen LogP contribution in [-0.4, -0.2) is 37.2 Å². The van der Waals surface area contributed by atoms with Crippen LogP contribution in [0.5, 0.6) is 0 Å². The maximum absolute atomic E-state index is 12.8. The van der Waals surface area contributed by atoms with E-state index in [0.29, 0.717) is 19.3 Å². The van der Waals surface area contributed by atoms with Crippen LogP contribution in [0.4, 0.5) is 0 Å². The molecule has 0 bridgehead atoms. The summed E-state index contributed by atoms with van der Waals surface area (Å²) in [4.78, 5) is 37.9. The minimum Gasteiger partial charge on any atom is -0.462 e. The molecule has 0 spiro atoms. The van der Waals surface area contributed by atoms with Crippen LogP contribution in [0.15, 0.2) is 24.3 Å². The second-order valence-corrected chi connectivity index (χ2v) is 17.4. The summed E-state index contributed by atoms with van der Waals surface area (Å²) in [6.45, 7) is 6.60. The zero-order valence-corrected chi connectivity index (χ0v) is 39.5. The van der Waals surface area contributed by atoms with Crippen molar-refractivity contribution < 1.29 is 28.6 Å². The largest absolute Gasteiger partial charge is 0.462 e. The zero-order chi connectivity index (χ0) is 43.0. The van der Waals surface area contributed by atoms with Crippen LogP contribution in [0, 0.1) is 0 Å². The van der Waals surface area contributed by atoms with Crippen molar-refractivity contribution in [2.45, 2.75) is 284 Å². The standard InChI is InChI=1S/C53H98O6/c1-4-7-10-13-16-19-22-24-25-26-27-28-29-32-34-37-40-43-46-52(55)58-49-50(48-57-51(54)45-42-39-36-33-30-21-18-15-12-9-6-3)59-53(56)47-44-41-38-35-31-23-20-17-14-11-8-5-2/h15,18,27-28,50H,4-14,16-17,19-26,29-49H2,1-3H3/b18-15-,28-27-. The maximum Gasteiger partial charge on any atom is 0.306 e. The molecular weight excluding hydrogens is 733 g/mol. The highest BCUT2D eigenvalue weighted by Gasteiger charge is 2.19. The number of unbranched alkanes of at least 4 members (excludes halogenated alkanes) is 32. The minimum atomic E-state index is -0.772. The van der Waals surface area contributed by atoms with Crippen molar-refractivity contribution in [3.8, 4) is 0 Å². The van der Waals surface area contributed by atoms with Gasteiger partial charge in [0.15, 0.2) is 6.10 Å². The lowest BCUT2D eigenvalue weighted by molar-refractivity contribution is -0.167. The Balaban J connectivity index is 4.31. The molecule has 0 aromatic heterocycles. The van der Waals surface area contributed by atoms with Crippen molar-refractivity contribution in [2.75, 3.05) is 13.2 Å². The summed E-state index contributed by atoms with van der Waals surface area (Å²) in [6.07, 6.45) is 54.5. The molecule has 0 aromatic carbocycles. The lowest BCUT2D eigenvalue weighted by Crippen LogP contribution is -2.30. The molecule has 6 heteroatoms. The summed E-state index contributed by atoms with van der Waals surface area (Å²) in [7, 11) is 0. The van der Waals surface area contributed by atoms with Crippen molar-refractivity contribution in [3.63, 3.8) is 0 Å². The predicted molar refractivity (Wildman–Crippen MR) is 252 cm³/mol. The van der Waals surface area contributed by atoms with Gasteiger partial charge in [0.1, 0.15) is 13.2 Å². The van der Waals surface area contributed by atoms with Crippen LogP contribution in [0.3, 0.4) is 0 Å². The molecule has 1 atom stereocenters. The van der Waals surface area contributed by atoms with E-state index in [1.807, 2.05) is 0 Å². The summed E-state index contributed by atoms with van der Waals surface area (Å²) >= 11 is 0. The number of hydrogen-bond acceptors (Lipinski definition) is 6. The third kappa shape index (κ3) is 46.8. The first-order chi connectivity index (χ1) is 29.0. The fourth-order valence-corrected chi connectivity index (χ4v) is 7.48. The van der Waals surface area contributed by atoms with Crippen LogP contribution >= 0.6 is 0 Å². The molecule has 0 aromatic rings. The van der Waals surface area contributed by atoms with E-state index in [0.717, 1.165) is 70.6 Å². The van der Waals surface area contributed by atoms with Crippen LogP contribution in [0.2, 0.25) is 0 Å². The second-order valence-electron chi connectivity index (χ2n) is 17.4. The van der Waals surface area contributed by atoms with E-state index < -0.39 is 6.10 Å². The summed E-state index contributed by atoms with van der Waals surface area (Å²) in [5.41, 5.74) is 0. The fourth-order valence-electron chi connectivity index (χ4n) is 7.48. The number of carbonyl (C=O) groups excluding carboxylic acids is 3. The molecule has 0 fully saturated rings. The van der Waals surface area contributed by atoms with Gasteiger partial charge in [-0.15, -0.1) is 0 Å². The van der Waals surface area contributed by atoms with Gasteiger partial charge in [-0.05, 0) is 64.2 Å². The van der Waals surface area contributed by atoms with Gasteiger partial charge in [0.05, 0.1) is 0 Å². The first kappa shape index (κ1) is 56.9. The average Bonchev–Trinajstić information content (AvgIpc) is 3.23. The molecule has 346 valence electrons. The monoisotopic (exact) mass is 831 g/mol. The SMILES string of the molecule is CCCC/C=C\CCCCCCCC(=O)OCC(COC(=O)CCCCCCC/C=C\CCCCCCCCCCC)OC(=O)CCCCCCCCCCCCCC. The first-order valence-electron chi connectivity index (χ1n) is 25.8. The highest BCUT2D eigenvalue weighted by molar-refractivity contribution is 5.71. The molecule has 0 radical (unpaired) electrons. The lowest BCUT2D eigenvalue weighted by Gasteiger charge is -2.18. The van der Waals surface area contributed by atoms with Crippen molar-refractivity contribution in [1.29, 1.82) is 0 Å². The minimum absolute atomic E-state index is 0.0748. The Hall–Kier alpha value is -2.11. The van der Waals surface area contributed by atoms with E-state index in [1.165, 1.54) is 167 Å². The highest BCUT2D eigenvalue weighted by atomic mass is 16.6. The van der Waals surface area contributed by atoms with Gasteiger partial charge in [-0.2, -0.15) is 0 Å². The molecule has 0 saturated carbocycles. The van der Waals surface area contributed by atoms with Gasteiger partial charge < -0.3 is 14.2 Å². The molecule has 0 saturated heterocycles. The Morgan fingerprint density at radius 2 is 0.576 bits per heavy atom. The Morgan fingerprint density at radius 1 is 0.322 bits per heavy atom. The smallest absolute Gasteiger partial charge is 0.306 e. The number of allylic oxidation sites excluding steroid dienone is 4. The Labute approximate surface area is 366 Å². The van der Waals surface area contributed by atoms with E-state index in [-0.39, 0.29) is 31.1 Å². The normalized spacial score (nSPS) is 12.1. The van der Waals surface area contributed by atoms with Crippen LogP contribution in [-0.2, 0) is 28.6 Å². The van der Waals surface area contributed by atoms with Crippen molar-refractivity contribution in [3.05, 3.63) is 24.3 Å². The van der Waals surface area contributed by atoms with E-state index in [2.05, 4.69) is 45.1 Å². The quantitative estimate of drug-likeness (QED) is 0.0263. The van der Waals surface area contributed by atoms with E-state index in [1.54, 1.807) is 0 Å². The number of esters is 3. The summed E-state index contributed by atoms with van der Waals surface area (Å²) < 4.78 is 16.8. The first-order valence-corrected chi connectivity index (χ1v) is 25.8. The third-order valence-corrected chi connectivity index (χ3v) is 11.4. The molecule has 0 rings (SSSR count). The number of ether oxygens (including phenoxy) is 3. The molecule has 59 heavy (non-hydrogen) atoms. The van der Waals surface area contributed by atoms with Gasteiger partial charge >= 0.3 is 17.9 Å². The lowest BCUT2D eigenvalue weighted by atomic mass is 10.0. The summed E-state index contributed by atoms with van der Waals surface area (Å²) in [6, 6.07) is 0. The van der Waals surface area contributed by atoms with Crippen LogP contribution in [0.25, 0.3) is 0 Å². The maximum atomic E-state index is 12.8. The van der Waals surface area contributed by atoms with E-state index >= 15 is 0 Å². The summed E-state index contributed by atoms with van der Waals surface area (Å²) in [5.74, 6) is -0.881. The number of hydrogen-bond donors (Lipinski definition) is 0. The molecule has 0 aliphatic rings. The molecule has 0 N–H and O–H groups in total. The Kier molecular flexibility index (Phi) is 46.8. The second kappa shape index (κ2) is 48.6. The summed E-state index contributed by atoms with van der Waals surface area (Å²) in [5, 5.41) is 0. The Bertz CT molecular complexity index is 958. The van der Waals surface area contributed by atoms with Crippen molar-refractivity contribution in [2.24, 2.45) is 0 Å². The van der Waals surface area contributed by atoms with Gasteiger partial charge in [-0.25, -0.2) is 0 Å². The van der Waals surface area contributed by atoms with Crippen molar-refractivity contribution in [1.82, 2.24) is 0 Å². The van der Waals surface area contributed by atoms with Gasteiger partial charge in [0.25, 0.3) is 0 Å². The highest BCUT2D eigenvalue weighted by Crippen LogP contribution is 2.15. The molecule has 0 heterocycles. The predicted octanol–water partition coefficient (Wildman–Crippen LogP) is 16.8. The van der Waals surface area contributed by atoms with Crippen molar-refractivity contribution >= 4 is 17.9 Å². The van der Waals surface area contributed by atoms with Gasteiger partial charge in [-0.3, -0.25) is 14.4 Å². The molecule has 6 nitrogen and oxygen atoms in total. The Morgan fingerprint density at radius 3 is 0.898 bits per heavy atom. The molecule has 0 aliphatic heterocycles. The molecule has 0 amide bonds. The fraction of sp³-hybridized carbons (Fsp3) is 0.868. The molecule has 0 aliphatic carbocycles. The van der Waals surface area contributed by atoms with Gasteiger partial charge in [0.2, 0.25) is 0 Å².